The molecule has 1 amide bonds. The Hall–Kier alpha value is -6.46. The van der Waals surface area contributed by atoms with Gasteiger partial charge in [-0.1, -0.05) is 23.7 Å². The lowest BCUT2D eigenvalue weighted by Gasteiger charge is -2.33. The van der Waals surface area contributed by atoms with Crippen LogP contribution in [0.3, 0.4) is 0 Å². The second-order valence-electron chi connectivity index (χ2n) is 21.9. The van der Waals surface area contributed by atoms with Crippen molar-refractivity contribution in [2.45, 2.75) is 136 Å². The summed E-state index contributed by atoms with van der Waals surface area (Å²) in [5.41, 5.74) is 2.33. The van der Waals surface area contributed by atoms with Gasteiger partial charge in [-0.2, -0.15) is 5.10 Å². The summed E-state index contributed by atoms with van der Waals surface area (Å²) in [6.07, 6.45) is 40.4. The molecule has 7 fully saturated rings. The topological polar surface area (TPSA) is 182 Å². The standard InChI is InChI=1S/C17H23ClN6O3.2C14H17N3.C9H12BrN3.C5H6/c1-17(2,3)27-16(25)23-6-13(9-26-11-23)8-24-7-12(5-21-24)4-14-19-10-20-15(18)22-14;2*1-2-8-17(9-3-1)14-15-10-13(11-16-14)7-6-12-4-5-12;10-8-6-11-9(12-7-8)13-4-2-1-3-5-13;1-2-5-3-4-5/h5,7,10,13H,4,6,8-9,11H2,1-3H3;2*10-12H,1-5,8-9H2;6-7H,1-5H2;1,5H,3-4H2/t13-;;;;/m0..../s1. The second-order valence-corrected chi connectivity index (χ2v) is 23.2. The fraction of sp³-hybridized carbons (Fsp3) is 0.576. The minimum Gasteiger partial charge on any atom is -0.444 e. The number of amides is 1. The number of nitrogens with zero attached hydrogens (tertiary/aromatic N) is 15. The molecule has 12 rings (SSSR count). The summed E-state index contributed by atoms with van der Waals surface area (Å²) in [5, 5.41) is 4.56. The lowest BCUT2D eigenvalue weighted by Crippen LogP contribution is -2.46. The number of carbonyl (C=O) groups excluding carboxylic acids is 1. The monoisotopic (exact) mass is 1160 g/mol. The highest BCUT2D eigenvalue weighted by molar-refractivity contribution is 9.10. The van der Waals surface area contributed by atoms with Gasteiger partial charge in [-0.3, -0.25) is 9.58 Å². The van der Waals surface area contributed by atoms with Crippen molar-refractivity contribution in [2.75, 3.05) is 73.9 Å². The first kappa shape index (κ1) is 58.7. The van der Waals surface area contributed by atoms with E-state index in [2.05, 4.69) is 110 Å². The van der Waals surface area contributed by atoms with E-state index in [1.807, 2.05) is 56.4 Å². The number of rotatable bonds is 7. The van der Waals surface area contributed by atoms with E-state index in [9.17, 15) is 4.79 Å². The second kappa shape index (κ2) is 30.2. The molecular formula is C59H75BrClN15O3. The average molecular weight is 1160 g/mol. The van der Waals surface area contributed by atoms with Gasteiger partial charge in [0, 0.05) is 126 Å². The van der Waals surface area contributed by atoms with E-state index < -0.39 is 5.60 Å². The SMILES string of the molecule is Brc1cnc(N2CCCCC2)nc1.C#CC1CC1.C(#CC1CC1)c1cnc(N2CCCCC2)nc1.C(#CC1CC1)c1cnc(N2CCCCC2)nc1.CC(C)(C)OC(=O)N1COC[C@H](Cn2cc(Cc3ncnc(Cl)n3)cn2)C1. The van der Waals surface area contributed by atoms with Gasteiger partial charge >= 0.3 is 6.09 Å². The van der Waals surface area contributed by atoms with Crippen LogP contribution in [0.1, 0.15) is 140 Å². The van der Waals surface area contributed by atoms with Gasteiger partial charge in [-0.25, -0.2) is 49.7 Å². The zero-order valence-corrected chi connectivity index (χ0v) is 48.5. The molecule has 79 heavy (non-hydrogen) atoms. The fourth-order valence-electron chi connectivity index (χ4n) is 8.67. The number of aromatic nitrogens is 11. The Kier molecular flexibility index (Phi) is 22.4. The molecule has 0 N–H and O–H groups in total. The summed E-state index contributed by atoms with van der Waals surface area (Å²) in [6, 6.07) is 0. The predicted molar refractivity (Wildman–Crippen MR) is 310 cm³/mol. The number of piperidine rings is 3. The summed E-state index contributed by atoms with van der Waals surface area (Å²) in [5.74, 6) is 20.6. The van der Waals surface area contributed by atoms with E-state index in [0.29, 0.717) is 49.7 Å². The van der Waals surface area contributed by atoms with Crippen LogP contribution < -0.4 is 14.7 Å². The van der Waals surface area contributed by atoms with Crippen molar-refractivity contribution in [2.24, 2.45) is 23.7 Å². The molecule has 3 aliphatic carbocycles. The van der Waals surface area contributed by atoms with Gasteiger partial charge in [0.1, 0.15) is 24.5 Å². The third kappa shape index (κ3) is 21.6. The summed E-state index contributed by atoms with van der Waals surface area (Å²) in [6.45, 7) is 14.1. The molecule has 0 spiro atoms. The van der Waals surface area contributed by atoms with Crippen LogP contribution in [0.5, 0.6) is 0 Å². The van der Waals surface area contributed by atoms with Crippen molar-refractivity contribution < 1.29 is 14.3 Å². The maximum atomic E-state index is 12.2. The molecular weight excluding hydrogens is 1080 g/mol. The maximum Gasteiger partial charge on any atom is 0.412 e. The number of hydrogen-bond donors (Lipinski definition) is 0. The van der Waals surface area contributed by atoms with Crippen molar-refractivity contribution in [3.63, 3.8) is 0 Å². The first-order chi connectivity index (χ1) is 38.4. The molecule has 18 nitrogen and oxygen atoms in total. The summed E-state index contributed by atoms with van der Waals surface area (Å²) < 4.78 is 13.7. The normalized spacial score (nSPS) is 18.8. The fourth-order valence-corrected chi connectivity index (χ4v) is 9.02. The van der Waals surface area contributed by atoms with E-state index in [1.165, 1.54) is 103 Å². The quantitative estimate of drug-likeness (QED) is 0.140. The lowest BCUT2D eigenvalue weighted by molar-refractivity contribution is -0.0605. The molecule has 5 aromatic rings. The van der Waals surface area contributed by atoms with Crippen molar-refractivity contribution >= 4 is 51.5 Å². The molecule has 9 heterocycles. The lowest BCUT2D eigenvalue weighted by atomic mass is 10.1. The van der Waals surface area contributed by atoms with Crippen LogP contribution in [0.2, 0.25) is 5.28 Å². The van der Waals surface area contributed by atoms with E-state index in [4.69, 9.17) is 27.5 Å². The molecule has 0 radical (unpaired) electrons. The van der Waals surface area contributed by atoms with E-state index in [1.54, 1.807) is 23.5 Å². The zero-order chi connectivity index (χ0) is 55.2. The van der Waals surface area contributed by atoms with E-state index >= 15 is 0 Å². The van der Waals surface area contributed by atoms with Crippen LogP contribution in [0.4, 0.5) is 22.6 Å². The number of anilines is 3. The van der Waals surface area contributed by atoms with Gasteiger partial charge in [0.25, 0.3) is 0 Å². The number of ether oxygens (including phenoxy) is 2. The highest BCUT2D eigenvalue weighted by Crippen LogP contribution is 2.29. The predicted octanol–water partition coefficient (Wildman–Crippen LogP) is 9.87. The molecule has 0 unspecified atom stereocenters. The highest BCUT2D eigenvalue weighted by Gasteiger charge is 2.29. The van der Waals surface area contributed by atoms with Crippen LogP contribution in [-0.4, -0.2) is 130 Å². The molecule has 4 aliphatic heterocycles. The Bertz CT molecular complexity index is 2740. The average Bonchev–Trinajstić information content (AvgIpc) is 4.37. The van der Waals surface area contributed by atoms with Gasteiger partial charge in [-0.15, -0.1) is 12.3 Å². The van der Waals surface area contributed by atoms with Crippen LogP contribution in [0, 0.1) is 59.7 Å². The first-order valence-corrected chi connectivity index (χ1v) is 29.3. The number of carbonyl (C=O) groups is 1. The van der Waals surface area contributed by atoms with Crippen molar-refractivity contribution in [3.05, 3.63) is 88.2 Å². The third-order valence-electron chi connectivity index (χ3n) is 13.4. The molecule has 3 saturated carbocycles. The Morgan fingerprint density at radius 2 is 1.16 bits per heavy atom. The Labute approximate surface area is 480 Å². The smallest absolute Gasteiger partial charge is 0.412 e. The Morgan fingerprint density at radius 3 is 1.59 bits per heavy atom. The van der Waals surface area contributed by atoms with Crippen LogP contribution in [0.25, 0.3) is 0 Å². The summed E-state index contributed by atoms with van der Waals surface area (Å²) in [4.78, 5) is 58.7. The number of hydrogen-bond acceptors (Lipinski definition) is 16. The van der Waals surface area contributed by atoms with Gasteiger partial charge in [0.15, 0.2) is 0 Å². The summed E-state index contributed by atoms with van der Waals surface area (Å²) >= 11 is 9.11. The van der Waals surface area contributed by atoms with Crippen LogP contribution in [0.15, 0.2) is 60.4 Å². The first-order valence-electron chi connectivity index (χ1n) is 28.2. The summed E-state index contributed by atoms with van der Waals surface area (Å²) in [7, 11) is 0. The molecule has 4 saturated heterocycles. The van der Waals surface area contributed by atoms with Crippen LogP contribution >= 0.6 is 27.5 Å². The molecule has 7 aliphatic rings. The third-order valence-corrected chi connectivity index (χ3v) is 14.0. The molecule has 418 valence electrons. The van der Waals surface area contributed by atoms with Gasteiger partial charge < -0.3 is 24.2 Å². The van der Waals surface area contributed by atoms with E-state index in [-0.39, 0.29) is 24.0 Å². The maximum absolute atomic E-state index is 12.2. The molecule has 20 heteroatoms. The van der Waals surface area contributed by atoms with Crippen molar-refractivity contribution in [3.8, 4) is 36.0 Å². The minimum absolute atomic E-state index is 0.130. The van der Waals surface area contributed by atoms with E-state index in [0.717, 1.165) is 78.3 Å². The zero-order valence-electron chi connectivity index (χ0n) is 46.2. The molecule has 0 aromatic carbocycles. The Morgan fingerprint density at radius 1 is 0.684 bits per heavy atom. The van der Waals surface area contributed by atoms with Gasteiger partial charge in [-0.05, 0) is 150 Å². The van der Waals surface area contributed by atoms with Crippen molar-refractivity contribution in [1.29, 1.82) is 0 Å². The molecule has 5 aromatic heterocycles. The van der Waals surface area contributed by atoms with Crippen LogP contribution in [-0.2, 0) is 22.4 Å². The number of terminal acetylenes is 1. The van der Waals surface area contributed by atoms with Gasteiger partial charge in [0.05, 0.1) is 28.4 Å². The molecule has 1 atom stereocenters. The molecule has 0 bridgehead atoms. The largest absolute Gasteiger partial charge is 0.444 e. The number of halogens is 2. The van der Waals surface area contributed by atoms with Gasteiger partial charge in [0.2, 0.25) is 23.1 Å². The Balaban J connectivity index is 0.000000139. The minimum atomic E-state index is -0.529. The highest BCUT2D eigenvalue weighted by atomic mass is 79.9. The van der Waals surface area contributed by atoms with Crippen molar-refractivity contribution in [1.82, 2.24) is 59.5 Å².